The molecule has 21 heavy (non-hydrogen) atoms. The van der Waals surface area contributed by atoms with Gasteiger partial charge >= 0.3 is 0 Å². The van der Waals surface area contributed by atoms with Crippen molar-refractivity contribution in [1.29, 1.82) is 0 Å². The Morgan fingerprint density at radius 1 is 0.857 bits per heavy atom. The van der Waals surface area contributed by atoms with Crippen LogP contribution in [0.2, 0.25) is 0 Å². The predicted octanol–water partition coefficient (Wildman–Crippen LogP) is 4.27. The largest absolute Gasteiger partial charge is 0.324 e. The molecule has 0 heterocycles. The summed E-state index contributed by atoms with van der Waals surface area (Å²) in [5.41, 5.74) is 9.31. The van der Waals surface area contributed by atoms with E-state index >= 15 is 0 Å². The van der Waals surface area contributed by atoms with Crippen molar-refractivity contribution < 1.29 is 0 Å². The third-order valence-corrected chi connectivity index (χ3v) is 4.72. The second-order valence-electron chi connectivity index (χ2n) is 6.22. The van der Waals surface area contributed by atoms with Crippen molar-refractivity contribution in [2.24, 2.45) is 5.73 Å². The van der Waals surface area contributed by atoms with Crippen molar-refractivity contribution in [1.82, 2.24) is 0 Å². The first kappa shape index (κ1) is 12.6. The van der Waals surface area contributed by atoms with Gasteiger partial charge in [-0.3, -0.25) is 0 Å². The average molecular weight is 273 g/mol. The number of benzene rings is 3. The van der Waals surface area contributed by atoms with Crippen molar-refractivity contribution in [2.75, 3.05) is 0 Å². The second-order valence-corrected chi connectivity index (χ2v) is 6.22. The Labute approximate surface area is 125 Å². The van der Waals surface area contributed by atoms with E-state index in [1.807, 2.05) is 0 Å². The fourth-order valence-electron chi connectivity index (χ4n) is 3.45. The number of nitrogens with two attached hydrogens (primary N) is 1. The molecule has 1 fully saturated rings. The molecule has 3 aromatic rings. The molecule has 0 amide bonds. The van der Waals surface area contributed by atoms with Gasteiger partial charge in [0.25, 0.3) is 0 Å². The topological polar surface area (TPSA) is 26.0 Å². The molecule has 2 N–H and O–H groups in total. The van der Waals surface area contributed by atoms with E-state index in [-0.39, 0.29) is 5.54 Å². The summed E-state index contributed by atoms with van der Waals surface area (Å²) in [7, 11) is 0. The molecule has 0 saturated heterocycles. The third kappa shape index (κ3) is 2.24. The Balaban J connectivity index is 1.64. The molecule has 0 bridgehead atoms. The number of hydrogen-bond donors (Lipinski definition) is 1. The lowest BCUT2D eigenvalue weighted by Crippen LogP contribution is -2.27. The smallest absolute Gasteiger partial charge is 0.0272 e. The van der Waals surface area contributed by atoms with Gasteiger partial charge in [-0.15, -0.1) is 0 Å². The summed E-state index contributed by atoms with van der Waals surface area (Å²) in [6.07, 6.45) is 2.04. The van der Waals surface area contributed by atoms with Crippen molar-refractivity contribution in [3.63, 3.8) is 0 Å². The van der Waals surface area contributed by atoms with Crippen molar-refractivity contribution >= 4 is 10.8 Å². The molecule has 2 unspecified atom stereocenters. The fourth-order valence-corrected chi connectivity index (χ4v) is 3.45. The molecule has 1 aliphatic rings. The summed E-state index contributed by atoms with van der Waals surface area (Å²) in [5, 5.41) is 2.64. The van der Waals surface area contributed by atoms with Crippen LogP contribution in [0.4, 0.5) is 0 Å². The molecule has 0 spiro atoms. The summed E-state index contributed by atoms with van der Waals surface area (Å²) in [5.74, 6) is 0.498. The monoisotopic (exact) mass is 273 g/mol. The lowest BCUT2D eigenvalue weighted by atomic mass is 9.95. The molecule has 4 rings (SSSR count). The molecule has 3 aromatic carbocycles. The van der Waals surface area contributed by atoms with E-state index in [0.717, 1.165) is 12.8 Å². The van der Waals surface area contributed by atoms with Gasteiger partial charge in [0.15, 0.2) is 0 Å². The maximum Gasteiger partial charge on any atom is 0.0272 e. The number of rotatable bonds is 3. The molecule has 1 heteroatoms. The Hall–Kier alpha value is -2.12. The van der Waals surface area contributed by atoms with Crippen LogP contribution < -0.4 is 5.73 Å². The van der Waals surface area contributed by atoms with Crippen LogP contribution in [0.25, 0.3) is 10.8 Å². The third-order valence-electron chi connectivity index (χ3n) is 4.72. The molecular weight excluding hydrogens is 254 g/mol. The Morgan fingerprint density at radius 2 is 1.57 bits per heavy atom. The molecule has 0 radical (unpaired) electrons. The SMILES string of the molecule is NC1(Cc2cccc3ccccc23)CC1c1ccccc1. The van der Waals surface area contributed by atoms with E-state index in [4.69, 9.17) is 5.73 Å². The zero-order valence-corrected chi connectivity index (χ0v) is 12.0. The molecule has 0 aromatic heterocycles. The van der Waals surface area contributed by atoms with Crippen molar-refractivity contribution in [2.45, 2.75) is 24.3 Å². The molecule has 0 aliphatic heterocycles. The Kier molecular flexibility index (Phi) is 2.83. The maximum atomic E-state index is 6.65. The Bertz CT molecular complexity index is 773. The first-order valence-corrected chi connectivity index (χ1v) is 7.57. The van der Waals surface area contributed by atoms with Crippen LogP contribution in [0.3, 0.4) is 0 Å². The van der Waals surface area contributed by atoms with Crippen LogP contribution >= 0.6 is 0 Å². The minimum atomic E-state index is -0.0779. The fraction of sp³-hybridized carbons (Fsp3) is 0.200. The van der Waals surface area contributed by atoms with Crippen molar-refractivity contribution in [3.05, 3.63) is 83.9 Å². The summed E-state index contributed by atoms with van der Waals surface area (Å²) < 4.78 is 0. The summed E-state index contributed by atoms with van der Waals surface area (Å²) in [6.45, 7) is 0. The second kappa shape index (κ2) is 4.71. The minimum absolute atomic E-state index is 0.0779. The van der Waals surface area contributed by atoms with Gasteiger partial charge in [-0.25, -0.2) is 0 Å². The summed E-state index contributed by atoms with van der Waals surface area (Å²) in [4.78, 5) is 0. The molecule has 1 aliphatic carbocycles. The molecule has 2 atom stereocenters. The lowest BCUT2D eigenvalue weighted by Gasteiger charge is -2.14. The lowest BCUT2D eigenvalue weighted by molar-refractivity contribution is 0.649. The normalized spacial score (nSPS) is 24.1. The average Bonchev–Trinajstić information content (AvgIpc) is 3.20. The molecule has 1 nitrogen and oxygen atoms in total. The quantitative estimate of drug-likeness (QED) is 0.758. The highest BCUT2D eigenvalue weighted by Gasteiger charge is 2.51. The van der Waals surface area contributed by atoms with E-state index in [1.165, 1.54) is 21.9 Å². The van der Waals surface area contributed by atoms with Gasteiger partial charge in [0.1, 0.15) is 0 Å². The number of fused-ring (bicyclic) bond motifs is 1. The van der Waals surface area contributed by atoms with Gasteiger partial charge in [0, 0.05) is 11.5 Å². The summed E-state index contributed by atoms with van der Waals surface area (Å²) >= 11 is 0. The van der Waals surface area contributed by atoms with Gasteiger partial charge in [0.2, 0.25) is 0 Å². The van der Waals surface area contributed by atoms with Gasteiger partial charge in [0.05, 0.1) is 0 Å². The molecular formula is C20H19N. The standard InChI is InChI=1S/C20H19N/c21-20(14-19(20)16-8-2-1-3-9-16)13-17-11-6-10-15-7-4-5-12-18(15)17/h1-12,19H,13-14,21H2. The zero-order chi connectivity index (χ0) is 14.3. The van der Waals surface area contributed by atoms with E-state index in [0.29, 0.717) is 5.92 Å². The van der Waals surface area contributed by atoms with Gasteiger partial charge < -0.3 is 5.73 Å². The van der Waals surface area contributed by atoms with Gasteiger partial charge in [-0.2, -0.15) is 0 Å². The summed E-state index contributed by atoms with van der Waals surface area (Å²) in [6, 6.07) is 25.8. The minimum Gasteiger partial charge on any atom is -0.324 e. The van der Waals surface area contributed by atoms with Crippen LogP contribution in [0.1, 0.15) is 23.5 Å². The van der Waals surface area contributed by atoms with Crippen LogP contribution in [0, 0.1) is 0 Å². The first-order valence-electron chi connectivity index (χ1n) is 7.57. The first-order chi connectivity index (χ1) is 10.3. The van der Waals surface area contributed by atoms with Crippen molar-refractivity contribution in [3.8, 4) is 0 Å². The van der Waals surface area contributed by atoms with Crippen LogP contribution in [0.15, 0.2) is 72.8 Å². The van der Waals surface area contributed by atoms with E-state index in [9.17, 15) is 0 Å². The van der Waals surface area contributed by atoms with Gasteiger partial charge in [-0.05, 0) is 34.7 Å². The number of hydrogen-bond acceptors (Lipinski definition) is 1. The van der Waals surface area contributed by atoms with E-state index in [1.54, 1.807) is 0 Å². The van der Waals surface area contributed by atoms with E-state index < -0.39 is 0 Å². The highest BCUT2D eigenvalue weighted by molar-refractivity contribution is 5.85. The molecule has 104 valence electrons. The highest BCUT2D eigenvalue weighted by Crippen LogP contribution is 2.51. The van der Waals surface area contributed by atoms with Crippen LogP contribution in [-0.4, -0.2) is 5.54 Å². The Morgan fingerprint density at radius 3 is 2.43 bits per heavy atom. The predicted molar refractivity (Wildman–Crippen MR) is 88.4 cm³/mol. The highest BCUT2D eigenvalue weighted by atomic mass is 14.9. The van der Waals surface area contributed by atoms with Gasteiger partial charge in [-0.1, -0.05) is 72.8 Å². The van der Waals surface area contributed by atoms with Crippen LogP contribution in [-0.2, 0) is 6.42 Å². The molecule has 1 saturated carbocycles. The van der Waals surface area contributed by atoms with Crippen LogP contribution in [0.5, 0.6) is 0 Å². The van der Waals surface area contributed by atoms with E-state index in [2.05, 4.69) is 72.8 Å². The maximum absolute atomic E-state index is 6.65. The zero-order valence-electron chi connectivity index (χ0n) is 12.0.